The number of hydrogen-bond acceptors (Lipinski definition) is 4. The molecule has 2 aromatic heterocycles. The average Bonchev–Trinajstić information content (AvgIpc) is 3.07. The van der Waals surface area contributed by atoms with Crippen LogP contribution in [0.2, 0.25) is 0 Å². The summed E-state index contributed by atoms with van der Waals surface area (Å²) in [6, 6.07) is 9.84. The van der Waals surface area contributed by atoms with E-state index in [4.69, 9.17) is 0 Å². The Bertz CT molecular complexity index is 755. The van der Waals surface area contributed by atoms with Crippen molar-refractivity contribution in [2.75, 3.05) is 5.32 Å². The smallest absolute Gasteiger partial charge is 0.257 e. The first-order chi connectivity index (χ1) is 10.1. The minimum Gasteiger partial charge on any atom is -0.298 e. The van der Waals surface area contributed by atoms with E-state index in [1.54, 1.807) is 11.3 Å². The van der Waals surface area contributed by atoms with Crippen molar-refractivity contribution in [3.05, 3.63) is 57.8 Å². The Hall–Kier alpha value is -1.98. The molecule has 0 bridgehead atoms. The number of benzene rings is 1. The minimum absolute atomic E-state index is 0.117. The van der Waals surface area contributed by atoms with Gasteiger partial charge in [-0.25, -0.2) is 4.98 Å². The van der Waals surface area contributed by atoms with Gasteiger partial charge in [0.1, 0.15) is 0 Å². The molecule has 3 nitrogen and oxygen atoms in total. The topological polar surface area (TPSA) is 42.0 Å². The fraction of sp³-hybridized carbons (Fsp3) is 0.125. The van der Waals surface area contributed by atoms with Crippen LogP contribution in [0.1, 0.15) is 21.5 Å². The summed E-state index contributed by atoms with van der Waals surface area (Å²) < 4.78 is 0. The number of aromatic nitrogens is 1. The highest BCUT2D eigenvalue weighted by Gasteiger charge is 2.11. The molecule has 0 unspecified atom stereocenters. The number of nitrogens with one attached hydrogen (secondary N) is 1. The second-order valence-corrected chi connectivity index (χ2v) is 6.65. The number of hydrogen-bond donors (Lipinski definition) is 1. The normalized spacial score (nSPS) is 10.6. The van der Waals surface area contributed by atoms with Crippen LogP contribution in [0.5, 0.6) is 0 Å². The second kappa shape index (κ2) is 5.79. The second-order valence-electron chi connectivity index (χ2n) is 4.85. The fourth-order valence-electron chi connectivity index (χ4n) is 2.14. The van der Waals surface area contributed by atoms with Gasteiger partial charge in [-0.3, -0.25) is 10.1 Å². The van der Waals surface area contributed by atoms with Crippen LogP contribution in [0.25, 0.3) is 10.6 Å². The third-order valence-electron chi connectivity index (χ3n) is 2.98. The van der Waals surface area contributed by atoms with Gasteiger partial charge >= 0.3 is 0 Å². The lowest BCUT2D eigenvalue weighted by molar-refractivity contribution is 0.102. The van der Waals surface area contributed by atoms with E-state index in [1.165, 1.54) is 11.3 Å². The van der Waals surface area contributed by atoms with Gasteiger partial charge in [0.05, 0.1) is 10.6 Å². The molecule has 3 aromatic rings. The first kappa shape index (κ1) is 14.0. The Balaban J connectivity index is 1.79. The van der Waals surface area contributed by atoms with E-state index in [0.29, 0.717) is 10.7 Å². The van der Waals surface area contributed by atoms with Crippen LogP contribution in [0.4, 0.5) is 5.13 Å². The Morgan fingerprint density at radius 3 is 2.57 bits per heavy atom. The third kappa shape index (κ3) is 3.20. The van der Waals surface area contributed by atoms with Crippen LogP contribution in [0.3, 0.4) is 0 Å². The van der Waals surface area contributed by atoms with Gasteiger partial charge in [0.25, 0.3) is 5.91 Å². The number of anilines is 1. The molecule has 0 atom stereocenters. The molecule has 0 fully saturated rings. The number of rotatable bonds is 3. The van der Waals surface area contributed by atoms with Crippen molar-refractivity contribution >= 4 is 33.7 Å². The van der Waals surface area contributed by atoms with Gasteiger partial charge in [0.15, 0.2) is 5.13 Å². The maximum absolute atomic E-state index is 12.3. The highest BCUT2D eigenvalue weighted by molar-refractivity contribution is 7.16. The molecule has 0 aliphatic rings. The van der Waals surface area contributed by atoms with Gasteiger partial charge in [0, 0.05) is 10.9 Å². The zero-order chi connectivity index (χ0) is 14.8. The van der Waals surface area contributed by atoms with Gasteiger partial charge in [-0.1, -0.05) is 23.3 Å². The lowest BCUT2D eigenvalue weighted by Crippen LogP contribution is -2.12. The predicted octanol–water partition coefficient (Wildman–Crippen LogP) is 4.74. The number of amides is 1. The number of thiazole rings is 1. The van der Waals surface area contributed by atoms with Crippen LogP contribution in [-0.2, 0) is 0 Å². The Morgan fingerprint density at radius 2 is 1.90 bits per heavy atom. The lowest BCUT2D eigenvalue weighted by Gasteiger charge is -2.04. The standard InChI is InChI=1S/C16H14N2OS2/c1-10-6-11(2)8-12(7-10)15(19)18-16-17-13(9-21-16)14-4-3-5-20-14/h3-9H,1-2H3,(H,17,18,19). The Morgan fingerprint density at radius 1 is 1.14 bits per heavy atom. The first-order valence-corrected chi connectivity index (χ1v) is 8.27. The van der Waals surface area contributed by atoms with E-state index >= 15 is 0 Å². The van der Waals surface area contributed by atoms with Crippen molar-refractivity contribution in [3.8, 4) is 10.6 Å². The number of nitrogens with zero attached hydrogens (tertiary/aromatic N) is 1. The molecule has 1 aromatic carbocycles. The fourth-order valence-corrected chi connectivity index (χ4v) is 3.61. The summed E-state index contributed by atoms with van der Waals surface area (Å²) >= 11 is 3.08. The van der Waals surface area contributed by atoms with Gasteiger partial charge in [-0.2, -0.15) is 0 Å². The van der Waals surface area contributed by atoms with E-state index in [0.717, 1.165) is 21.7 Å². The van der Waals surface area contributed by atoms with Crippen molar-refractivity contribution < 1.29 is 4.79 Å². The SMILES string of the molecule is Cc1cc(C)cc(C(=O)Nc2nc(-c3cccs3)cs2)c1. The van der Waals surface area contributed by atoms with Gasteiger partial charge in [-0.15, -0.1) is 22.7 Å². The molecule has 106 valence electrons. The molecule has 2 heterocycles. The molecule has 5 heteroatoms. The highest BCUT2D eigenvalue weighted by atomic mass is 32.1. The monoisotopic (exact) mass is 314 g/mol. The number of aryl methyl sites for hydroxylation is 2. The Kier molecular flexibility index (Phi) is 3.86. The first-order valence-electron chi connectivity index (χ1n) is 6.51. The molecular formula is C16H14N2OS2. The molecule has 0 saturated heterocycles. The molecule has 1 N–H and O–H groups in total. The summed E-state index contributed by atoms with van der Waals surface area (Å²) in [5.74, 6) is -0.117. The van der Waals surface area contributed by atoms with Crippen LogP contribution in [0, 0.1) is 13.8 Å². The largest absolute Gasteiger partial charge is 0.298 e. The van der Waals surface area contributed by atoms with Crippen molar-refractivity contribution in [2.24, 2.45) is 0 Å². The predicted molar refractivity (Wildman–Crippen MR) is 89.3 cm³/mol. The minimum atomic E-state index is -0.117. The van der Waals surface area contributed by atoms with Crippen LogP contribution in [-0.4, -0.2) is 10.9 Å². The van der Waals surface area contributed by atoms with Crippen LogP contribution >= 0.6 is 22.7 Å². The maximum Gasteiger partial charge on any atom is 0.257 e. The average molecular weight is 314 g/mol. The molecular weight excluding hydrogens is 300 g/mol. The highest BCUT2D eigenvalue weighted by Crippen LogP contribution is 2.28. The number of carbonyl (C=O) groups is 1. The maximum atomic E-state index is 12.3. The van der Waals surface area contributed by atoms with Gasteiger partial charge < -0.3 is 0 Å². The zero-order valence-corrected chi connectivity index (χ0v) is 13.3. The molecule has 21 heavy (non-hydrogen) atoms. The number of carbonyl (C=O) groups excluding carboxylic acids is 1. The van der Waals surface area contributed by atoms with Crippen molar-refractivity contribution in [1.82, 2.24) is 4.98 Å². The van der Waals surface area contributed by atoms with E-state index in [9.17, 15) is 4.79 Å². The quantitative estimate of drug-likeness (QED) is 0.758. The van der Waals surface area contributed by atoms with E-state index in [-0.39, 0.29) is 5.91 Å². The van der Waals surface area contributed by atoms with E-state index in [1.807, 2.05) is 48.9 Å². The summed E-state index contributed by atoms with van der Waals surface area (Å²) in [5.41, 5.74) is 3.74. The molecule has 0 spiro atoms. The van der Waals surface area contributed by atoms with E-state index < -0.39 is 0 Å². The molecule has 1 amide bonds. The molecule has 0 aliphatic heterocycles. The van der Waals surface area contributed by atoms with Crippen molar-refractivity contribution in [3.63, 3.8) is 0 Å². The number of thiophene rings is 1. The summed E-state index contributed by atoms with van der Waals surface area (Å²) in [4.78, 5) is 17.8. The summed E-state index contributed by atoms with van der Waals surface area (Å²) in [6.07, 6.45) is 0. The van der Waals surface area contributed by atoms with Gasteiger partial charge in [-0.05, 0) is 37.4 Å². The molecule has 0 aliphatic carbocycles. The molecule has 0 saturated carbocycles. The van der Waals surface area contributed by atoms with Gasteiger partial charge in [0.2, 0.25) is 0 Å². The summed E-state index contributed by atoms with van der Waals surface area (Å²) in [5, 5.41) is 7.47. The van der Waals surface area contributed by atoms with E-state index in [2.05, 4.69) is 16.4 Å². The summed E-state index contributed by atoms with van der Waals surface area (Å²) in [7, 11) is 0. The van der Waals surface area contributed by atoms with Crippen molar-refractivity contribution in [1.29, 1.82) is 0 Å². The zero-order valence-electron chi connectivity index (χ0n) is 11.7. The summed E-state index contributed by atoms with van der Waals surface area (Å²) in [6.45, 7) is 3.98. The van der Waals surface area contributed by atoms with Crippen molar-refractivity contribution in [2.45, 2.75) is 13.8 Å². The van der Waals surface area contributed by atoms with Crippen LogP contribution < -0.4 is 5.32 Å². The Labute approximate surface area is 131 Å². The lowest BCUT2D eigenvalue weighted by atomic mass is 10.1. The molecule has 3 rings (SSSR count). The van der Waals surface area contributed by atoms with Crippen LogP contribution in [0.15, 0.2) is 41.1 Å². The molecule has 0 radical (unpaired) electrons. The third-order valence-corrected chi connectivity index (χ3v) is 4.63.